The molecule has 0 aliphatic carbocycles. The van der Waals surface area contributed by atoms with Crippen molar-refractivity contribution >= 4 is 16.0 Å². The van der Waals surface area contributed by atoms with E-state index < -0.39 is 16.0 Å². The molecule has 0 saturated carbocycles. The molecular formula is C13H19NO5S. The molecule has 3 N–H and O–H groups in total. The van der Waals surface area contributed by atoms with Gasteiger partial charge in [0.05, 0.1) is 10.5 Å². The van der Waals surface area contributed by atoms with Crippen molar-refractivity contribution in [2.45, 2.75) is 24.7 Å². The minimum atomic E-state index is -3.70. The van der Waals surface area contributed by atoms with Crippen LogP contribution >= 0.6 is 0 Å². The maximum atomic E-state index is 12.0. The highest BCUT2D eigenvalue weighted by Crippen LogP contribution is 2.12. The Hall–Kier alpha value is -1.44. The molecule has 20 heavy (non-hydrogen) atoms. The SMILES string of the molecule is CC(CO)CCCNS(=O)(=O)c1cccc(C(=O)O)c1. The van der Waals surface area contributed by atoms with E-state index in [4.69, 9.17) is 10.2 Å². The average Bonchev–Trinajstić information content (AvgIpc) is 2.43. The van der Waals surface area contributed by atoms with E-state index in [2.05, 4.69) is 4.72 Å². The predicted molar refractivity (Wildman–Crippen MR) is 74.1 cm³/mol. The van der Waals surface area contributed by atoms with Crippen molar-refractivity contribution in [3.05, 3.63) is 29.8 Å². The van der Waals surface area contributed by atoms with Crippen LogP contribution < -0.4 is 4.72 Å². The summed E-state index contributed by atoms with van der Waals surface area (Å²) in [5.41, 5.74) is -0.0678. The Morgan fingerprint density at radius 3 is 2.70 bits per heavy atom. The van der Waals surface area contributed by atoms with Gasteiger partial charge in [-0.25, -0.2) is 17.9 Å². The quantitative estimate of drug-likeness (QED) is 0.623. The van der Waals surface area contributed by atoms with Crippen LogP contribution in [-0.2, 0) is 10.0 Å². The first-order valence-corrected chi connectivity index (χ1v) is 7.79. The van der Waals surface area contributed by atoms with Gasteiger partial charge in [0.2, 0.25) is 10.0 Å². The third-order valence-electron chi connectivity index (χ3n) is 2.87. The number of aliphatic hydroxyl groups is 1. The Morgan fingerprint density at radius 1 is 1.40 bits per heavy atom. The van der Waals surface area contributed by atoms with Crippen molar-refractivity contribution < 1.29 is 23.4 Å². The second kappa shape index (κ2) is 7.37. The highest BCUT2D eigenvalue weighted by molar-refractivity contribution is 7.89. The molecule has 0 bridgehead atoms. The third kappa shape index (κ3) is 4.92. The molecule has 0 radical (unpaired) electrons. The van der Waals surface area contributed by atoms with E-state index in [0.29, 0.717) is 12.8 Å². The van der Waals surface area contributed by atoms with Gasteiger partial charge >= 0.3 is 5.97 Å². The van der Waals surface area contributed by atoms with Gasteiger partial charge in [-0.2, -0.15) is 0 Å². The third-order valence-corrected chi connectivity index (χ3v) is 4.33. The zero-order valence-corrected chi connectivity index (χ0v) is 12.1. The lowest BCUT2D eigenvalue weighted by molar-refractivity contribution is 0.0696. The van der Waals surface area contributed by atoms with Crippen molar-refractivity contribution in [3.63, 3.8) is 0 Å². The number of aliphatic hydroxyl groups excluding tert-OH is 1. The van der Waals surface area contributed by atoms with Crippen LogP contribution in [0.4, 0.5) is 0 Å². The van der Waals surface area contributed by atoms with Gasteiger partial charge in [-0.05, 0) is 37.0 Å². The van der Waals surface area contributed by atoms with Crippen LogP contribution in [0.1, 0.15) is 30.1 Å². The van der Waals surface area contributed by atoms with Crippen LogP contribution in [0.2, 0.25) is 0 Å². The van der Waals surface area contributed by atoms with Crippen LogP contribution in [0.3, 0.4) is 0 Å². The van der Waals surface area contributed by atoms with Gasteiger partial charge in [0.15, 0.2) is 0 Å². The van der Waals surface area contributed by atoms with Gasteiger partial charge in [0.1, 0.15) is 0 Å². The molecule has 0 amide bonds. The molecule has 6 nitrogen and oxygen atoms in total. The first kappa shape index (κ1) is 16.6. The zero-order valence-electron chi connectivity index (χ0n) is 11.2. The molecule has 1 rings (SSSR count). The second-order valence-corrected chi connectivity index (χ2v) is 6.43. The lowest BCUT2D eigenvalue weighted by Gasteiger charge is -2.09. The van der Waals surface area contributed by atoms with Crippen LogP contribution in [0.5, 0.6) is 0 Å². The normalized spacial score (nSPS) is 13.1. The van der Waals surface area contributed by atoms with Crippen molar-refractivity contribution in [2.75, 3.05) is 13.2 Å². The number of hydrogen-bond acceptors (Lipinski definition) is 4. The van der Waals surface area contributed by atoms with Crippen molar-refractivity contribution in [3.8, 4) is 0 Å². The van der Waals surface area contributed by atoms with E-state index in [9.17, 15) is 13.2 Å². The standard InChI is InChI=1S/C13H19NO5S/c1-10(9-15)4-3-7-14-20(18,19)12-6-2-5-11(8-12)13(16)17/h2,5-6,8,10,14-15H,3-4,7,9H2,1H3,(H,16,17). The summed E-state index contributed by atoms with van der Waals surface area (Å²) in [6.07, 6.45) is 1.33. The fourth-order valence-electron chi connectivity index (χ4n) is 1.63. The molecule has 7 heteroatoms. The second-order valence-electron chi connectivity index (χ2n) is 4.66. The summed E-state index contributed by atoms with van der Waals surface area (Å²) in [4.78, 5) is 10.7. The Labute approximate surface area is 118 Å². The van der Waals surface area contributed by atoms with E-state index in [1.165, 1.54) is 18.2 Å². The fraction of sp³-hybridized carbons (Fsp3) is 0.462. The van der Waals surface area contributed by atoms with E-state index >= 15 is 0 Å². The lowest BCUT2D eigenvalue weighted by Crippen LogP contribution is -2.25. The largest absolute Gasteiger partial charge is 0.478 e. The number of nitrogens with one attached hydrogen (secondary N) is 1. The molecule has 112 valence electrons. The predicted octanol–water partition coefficient (Wildman–Crippen LogP) is 1.07. The van der Waals surface area contributed by atoms with Gasteiger partial charge in [-0.1, -0.05) is 13.0 Å². The molecule has 1 unspecified atom stereocenters. The Balaban J connectivity index is 2.65. The Morgan fingerprint density at radius 2 is 2.10 bits per heavy atom. The van der Waals surface area contributed by atoms with Gasteiger partial charge in [0.25, 0.3) is 0 Å². The molecule has 0 aliphatic heterocycles. The summed E-state index contributed by atoms with van der Waals surface area (Å²) in [6.45, 7) is 2.21. The minimum Gasteiger partial charge on any atom is -0.478 e. The molecule has 1 atom stereocenters. The van der Waals surface area contributed by atoms with Gasteiger partial charge < -0.3 is 10.2 Å². The summed E-state index contributed by atoms with van der Waals surface area (Å²) in [7, 11) is -3.70. The topological polar surface area (TPSA) is 104 Å². The number of hydrogen-bond donors (Lipinski definition) is 3. The smallest absolute Gasteiger partial charge is 0.335 e. The van der Waals surface area contributed by atoms with Crippen molar-refractivity contribution in [1.82, 2.24) is 4.72 Å². The van der Waals surface area contributed by atoms with Crippen molar-refractivity contribution in [2.24, 2.45) is 5.92 Å². The molecule has 0 aromatic heterocycles. The first-order chi connectivity index (χ1) is 9.36. The lowest BCUT2D eigenvalue weighted by atomic mass is 10.1. The number of carboxylic acid groups (broad SMARTS) is 1. The summed E-state index contributed by atoms with van der Waals surface area (Å²) in [6, 6.07) is 5.21. The fourth-order valence-corrected chi connectivity index (χ4v) is 2.75. The number of rotatable bonds is 8. The molecule has 0 spiro atoms. The molecule has 1 aromatic rings. The van der Waals surface area contributed by atoms with Gasteiger partial charge in [-0.15, -0.1) is 0 Å². The van der Waals surface area contributed by atoms with E-state index in [1.54, 1.807) is 0 Å². The number of benzene rings is 1. The highest BCUT2D eigenvalue weighted by Gasteiger charge is 2.15. The number of carboxylic acids is 1. The Kier molecular flexibility index (Phi) is 6.12. The van der Waals surface area contributed by atoms with Gasteiger partial charge in [-0.3, -0.25) is 0 Å². The van der Waals surface area contributed by atoms with Crippen LogP contribution in [0.15, 0.2) is 29.2 Å². The van der Waals surface area contributed by atoms with Crippen LogP contribution in [-0.4, -0.2) is 37.8 Å². The monoisotopic (exact) mass is 301 g/mol. The first-order valence-electron chi connectivity index (χ1n) is 6.30. The Bertz CT molecular complexity index is 556. The van der Waals surface area contributed by atoms with Crippen molar-refractivity contribution in [1.29, 1.82) is 0 Å². The molecule has 0 heterocycles. The zero-order chi connectivity index (χ0) is 15.2. The molecule has 0 fully saturated rings. The summed E-state index contributed by atoms with van der Waals surface area (Å²) in [5.74, 6) is -1.03. The molecular weight excluding hydrogens is 282 g/mol. The van der Waals surface area contributed by atoms with Crippen LogP contribution in [0.25, 0.3) is 0 Å². The maximum absolute atomic E-state index is 12.0. The maximum Gasteiger partial charge on any atom is 0.335 e. The number of carbonyl (C=O) groups is 1. The number of sulfonamides is 1. The molecule has 1 aromatic carbocycles. The van der Waals surface area contributed by atoms with Gasteiger partial charge in [0, 0.05) is 13.2 Å². The minimum absolute atomic E-state index is 0.0624. The highest BCUT2D eigenvalue weighted by atomic mass is 32.2. The summed E-state index contributed by atoms with van der Waals surface area (Å²) >= 11 is 0. The summed E-state index contributed by atoms with van der Waals surface area (Å²) in [5, 5.41) is 17.7. The van der Waals surface area contributed by atoms with E-state index in [-0.39, 0.29) is 29.5 Å². The molecule has 0 aliphatic rings. The van der Waals surface area contributed by atoms with Crippen LogP contribution in [0, 0.1) is 5.92 Å². The average molecular weight is 301 g/mol. The number of aromatic carboxylic acids is 1. The van der Waals surface area contributed by atoms with E-state index in [1.807, 2.05) is 6.92 Å². The van der Waals surface area contributed by atoms with E-state index in [0.717, 1.165) is 6.07 Å². The molecule has 0 saturated heterocycles. The summed E-state index contributed by atoms with van der Waals surface area (Å²) < 4.78 is 26.4.